The van der Waals surface area contributed by atoms with E-state index in [0.717, 1.165) is 0 Å². The van der Waals surface area contributed by atoms with Gasteiger partial charge in [-0.2, -0.15) is 0 Å². The highest BCUT2D eigenvalue weighted by atomic mass is 16.4. The van der Waals surface area contributed by atoms with Crippen LogP contribution in [0.2, 0.25) is 0 Å². The quantitative estimate of drug-likeness (QED) is 0.488. The normalized spacial score (nSPS) is 12.6. The maximum Gasteiger partial charge on any atom is 0.306 e. The Morgan fingerprint density at radius 1 is 1.60 bits per heavy atom. The Balaban J connectivity index is 2.04. The monoisotopic (exact) mass is 214 g/mol. The van der Waals surface area contributed by atoms with Gasteiger partial charge in [-0.15, -0.1) is 5.10 Å². The summed E-state index contributed by atoms with van der Waals surface area (Å²) in [5, 5.41) is 27.9. The fourth-order valence-corrected chi connectivity index (χ4v) is 1.09. The van der Waals surface area contributed by atoms with Crippen molar-refractivity contribution in [3.63, 3.8) is 0 Å². The summed E-state index contributed by atoms with van der Waals surface area (Å²) in [5.74, 6) is -0.999. The minimum atomic E-state index is -0.999. The molecule has 0 aliphatic carbocycles. The molecular formula is C8H14N4O3. The molecule has 0 saturated heterocycles. The van der Waals surface area contributed by atoms with E-state index in [-0.39, 0.29) is 13.0 Å². The van der Waals surface area contributed by atoms with E-state index in [4.69, 9.17) is 5.11 Å². The molecule has 0 spiro atoms. The van der Waals surface area contributed by atoms with Crippen molar-refractivity contribution in [2.45, 2.75) is 19.1 Å². The van der Waals surface area contributed by atoms with Crippen LogP contribution in [0.5, 0.6) is 0 Å². The van der Waals surface area contributed by atoms with Crippen LogP contribution in [-0.4, -0.2) is 50.4 Å². The molecule has 0 bridgehead atoms. The van der Waals surface area contributed by atoms with Crippen LogP contribution in [0.3, 0.4) is 0 Å². The largest absolute Gasteiger partial charge is 0.481 e. The summed E-state index contributed by atoms with van der Waals surface area (Å²) < 4.78 is 1.65. The SMILES string of the molecule is O=C(O)CC(O)CNCCn1ccnn1. The van der Waals surface area contributed by atoms with Crippen LogP contribution in [0, 0.1) is 0 Å². The molecule has 0 aliphatic heterocycles. The third-order valence-corrected chi connectivity index (χ3v) is 1.78. The van der Waals surface area contributed by atoms with E-state index in [9.17, 15) is 9.90 Å². The zero-order valence-electron chi connectivity index (χ0n) is 8.20. The molecule has 1 heterocycles. The first-order valence-corrected chi connectivity index (χ1v) is 4.63. The first kappa shape index (κ1) is 11.6. The maximum absolute atomic E-state index is 10.2. The molecule has 1 atom stereocenters. The molecule has 3 N–H and O–H groups in total. The number of aliphatic hydroxyl groups excluding tert-OH is 1. The van der Waals surface area contributed by atoms with Gasteiger partial charge in [0, 0.05) is 19.3 Å². The van der Waals surface area contributed by atoms with Gasteiger partial charge in [0.15, 0.2) is 0 Å². The third-order valence-electron chi connectivity index (χ3n) is 1.78. The van der Waals surface area contributed by atoms with Crippen LogP contribution in [0.4, 0.5) is 0 Å². The molecule has 0 radical (unpaired) electrons. The van der Waals surface area contributed by atoms with Crippen LogP contribution in [-0.2, 0) is 11.3 Å². The molecule has 1 unspecified atom stereocenters. The lowest BCUT2D eigenvalue weighted by Gasteiger charge is -2.08. The molecule has 0 fully saturated rings. The van der Waals surface area contributed by atoms with Gasteiger partial charge in [0.25, 0.3) is 0 Å². The molecule has 0 amide bonds. The second-order valence-corrected chi connectivity index (χ2v) is 3.12. The van der Waals surface area contributed by atoms with Gasteiger partial charge >= 0.3 is 5.97 Å². The lowest BCUT2D eigenvalue weighted by atomic mass is 10.2. The Labute approximate surface area is 86.7 Å². The standard InChI is InChI=1S/C8H14N4O3/c13-7(5-8(14)15)6-9-1-3-12-4-2-10-11-12/h2,4,7,9,13H,1,3,5-6H2,(H,14,15). The Bertz CT molecular complexity index is 288. The number of aliphatic carboxylic acids is 1. The summed E-state index contributed by atoms with van der Waals surface area (Å²) in [4.78, 5) is 10.2. The van der Waals surface area contributed by atoms with Crippen molar-refractivity contribution >= 4 is 5.97 Å². The summed E-state index contributed by atoms with van der Waals surface area (Å²) in [6, 6.07) is 0. The van der Waals surface area contributed by atoms with Crippen molar-refractivity contribution in [2.24, 2.45) is 0 Å². The molecule has 0 saturated carbocycles. The van der Waals surface area contributed by atoms with Gasteiger partial charge in [-0.3, -0.25) is 9.48 Å². The highest BCUT2D eigenvalue weighted by Crippen LogP contribution is 1.89. The minimum Gasteiger partial charge on any atom is -0.481 e. The van der Waals surface area contributed by atoms with Crippen molar-refractivity contribution in [2.75, 3.05) is 13.1 Å². The van der Waals surface area contributed by atoms with E-state index in [1.165, 1.54) is 0 Å². The molecule has 15 heavy (non-hydrogen) atoms. The Morgan fingerprint density at radius 2 is 2.40 bits per heavy atom. The predicted octanol–water partition coefficient (Wildman–Crippen LogP) is -1.30. The summed E-state index contributed by atoms with van der Waals surface area (Å²) in [5.41, 5.74) is 0. The van der Waals surface area contributed by atoms with E-state index >= 15 is 0 Å². The lowest BCUT2D eigenvalue weighted by Crippen LogP contribution is -2.31. The van der Waals surface area contributed by atoms with Crippen molar-refractivity contribution in [1.82, 2.24) is 20.3 Å². The minimum absolute atomic E-state index is 0.240. The first-order chi connectivity index (χ1) is 7.18. The van der Waals surface area contributed by atoms with Gasteiger partial charge in [0.1, 0.15) is 0 Å². The Hall–Kier alpha value is -1.47. The number of aliphatic hydroxyl groups is 1. The predicted molar refractivity (Wildman–Crippen MR) is 51.2 cm³/mol. The fourth-order valence-electron chi connectivity index (χ4n) is 1.09. The highest BCUT2D eigenvalue weighted by molar-refractivity contribution is 5.67. The highest BCUT2D eigenvalue weighted by Gasteiger charge is 2.08. The zero-order valence-corrected chi connectivity index (χ0v) is 8.20. The van der Waals surface area contributed by atoms with Crippen molar-refractivity contribution in [3.8, 4) is 0 Å². The van der Waals surface area contributed by atoms with Gasteiger partial charge in [0.05, 0.1) is 25.3 Å². The number of carboxylic acids is 1. The fraction of sp³-hybridized carbons (Fsp3) is 0.625. The Morgan fingerprint density at radius 3 is 3.00 bits per heavy atom. The van der Waals surface area contributed by atoms with E-state index in [0.29, 0.717) is 13.1 Å². The van der Waals surface area contributed by atoms with E-state index in [1.807, 2.05) is 0 Å². The maximum atomic E-state index is 10.2. The van der Waals surface area contributed by atoms with Gasteiger partial charge in [-0.05, 0) is 0 Å². The molecule has 7 nitrogen and oxygen atoms in total. The second-order valence-electron chi connectivity index (χ2n) is 3.12. The number of hydrogen-bond donors (Lipinski definition) is 3. The van der Waals surface area contributed by atoms with Gasteiger partial charge in [-0.25, -0.2) is 0 Å². The van der Waals surface area contributed by atoms with Gasteiger partial charge in [0.2, 0.25) is 0 Å². The second kappa shape index (κ2) is 6.10. The van der Waals surface area contributed by atoms with E-state index in [1.54, 1.807) is 17.1 Å². The topological polar surface area (TPSA) is 100 Å². The van der Waals surface area contributed by atoms with Crippen LogP contribution < -0.4 is 5.32 Å². The van der Waals surface area contributed by atoms with Gasteiger partial charge < -0.3 is 15.5 Å². The number of carbonyl (C=O) groups is 1. The Kier molecular flexibility index (Phi) is 4.72. The van der Waals surface area contributed by atoms with Crippen molar-refractivity contribution in [1.29, 1.82) is 0 Å². The number of rotatable bonds is 7. The smallest absolute Gasteiger partial charge is 0.306 e. The molecular weight excluding hydrogens is 200 g/mol. The van der Waals surface area contributed by atoms with E-state index in [2.05, 4.69) is 15.6 Å². The lowest BCUT2D eigenvalue weighted by molar-refractivity contribution is -0.139. The summed E-state index contributed by atoms with van der Waals surface area (Å²) >= 11 is 0. The number of nitrogens with zero attached hydrogens (tertiary/aromatic N) is 3. The zero-order chi connectivity index (χ0) is 11.1. The van der Waals surface area contributed by atoms with Crippen LogP contribution in [0.15, 0.2) is 12.4 Å². The van der Waals surface area contributed by atoms with Gasteiger partial charge in [-0.1, -0.05) is 5.21 Å². The van der Waals surface area contributed by atoms with Crippen LogP contribution >= 0.6 is 0 Å². The third kappa shape index (κ3) is 5.08. The molecule has 0 aromatic carbocycles. The van der Waals surface area contributed by atoms with Crippen LogP contribution in [0.25, 0.3) is 0 Å². The molecule has 84 valence electrons. The number of hydrogen-bond acceptors (Lipinski definition) is 5. The summed E-state index contributed by atoms with van der Waals surface area (Å²) in [7, 11) is 0. The molecule has 1 rings (SSSR count). The molecule has 0 aliphatic rings. The van der Waals surface area contributed by atoms with E-state index < -0.39 is 12.1 Å². The van der Waals surface area contributed by atoms with Crippen molar-refractivity contribution < 1.29 is 15.0 Å². The number of aromatic nitrogens is 3. The first-order valence-electron chi connectivity index (χ1n) is 4.63. The summed E-state index contributed by atoms with van der Waals surface area (Å²) in [6.45, 7) is 1.51. The molecule has 1 aromatic rings. The average molecular weight is 214 g/mol. The summed E-state index contributed by atoms with van der Waals surface area (Å²) in [6.07, 6.45) is 2.23. The average Bonchev–Trinajstić information content (AvgIpc) is 2.63. The molecule has 1 aromatic heterocycles. The van der Waals surface area contributed by atoms with Crippen LogP contribution in [0.1, 0.15) is 6.42 Å². The number of nitrogens with one attached hydrogen (secondary N) is 1. The van der Waals surface area contributed by atoms with Crippen molar-refractivity contribution in [3.05, 3.63) is 12.4 Å². The molecule has 7 heteroatoms. The number of carboxylic acid groups (broad SMARTS) is 1.